The number of aromatic nitrogens is 2. The third-order valence-electron chi connectivity index (χ3n) is 2.98. The van der Waals surface area contributed by atoms with E-state index in [1.165, 1.54) is 10.9 Å². The minimum Gasteiger partial charge on any atom is -0.396 e. The van der Waals surface area contributed by atoms with Crippen LogP contribution >= 0.6 is 0 Å². The van der Waals surface area contributed by atoms with E-state index in [4.69, 9.17) is 5.73 Å². The lowest BCUT2D eigenvalue weighted by Crippen LogP contribution is -2.47. The number of nitrogens with one attached hydrogen (secondary N) is 1. The summed E-state index contributed by atoms with van der Waals surface area (Å²) in [5.74, 6) is -0.510. The summed E-state index contributed by atoms with van der Waals surface area (Å²) in [4.78, 5) is 25.7. The van der Waals surface area contributed by atoms with Gasteiger partial charge in [-0.2, -0.15) is 5.10 Å². The third kappa shape index (κ3) is 3.24. The largest absolute Gasteiger partial charge is 0.396 e. The summed E-state index contributed by atoms with van der Waals surface area (Å²) in [5.41, 5.74) is 6.22. The molecular formula is C12H21N5O2. The average Bonchev–Trinajstić information content (AvgIpc) is 2.70. The number of hydrogen-bond donors (Lipinski definition) is 2. The van der Waals surface area contributed by atoms with Gasteiger partial charge in [0.1, 0.15) is 11.7 Å². The van der Waals surface area contributed by atoms with Crippen molar-refractivity contribution in [1.82, 2.24) is 20.0 Å². The maximum atomic E-state index is 12.0. The standard InChI is InChI=1S/C12H21N5O2/c1-5-17(6-2)12(19)8(3)15-11(18)10-9(13)7-14-16(10)4/h7-8H,5-6,13H2,1-4H3,(H,15,18). The Hall–Kier alpha value is -2.05. The molecule has 1 unspecified atom stereocenters. The van der Waals surface area contributed by atoms with Crippen LogP contribution in [0.4, 0.5) is 5.69 Å². The van der Waals surface area contributed by atoms with Gasteiger partial charge in [-0.15, -0.1) is 0 Å². The maximum Gasteiger partial charge on any atom is 0.272 e. The molecule has 0 aliphatic rings. The fourth-order valence-electron chi connectivity index (χ4n) is 1.87. The lowest BCUT2D eigenvalue weighted by atomic mass is 10.2. The molecule has 106 valence electrons. The van der Waals surface area contributed by atoms with E-state index in [0.717, 1.165) is 0 Å². The molecular weight excluding hydrogens is 246 g/mol. The Kier molecular flexibility index (Phi) is 4.91. The minimum absolute atomic E-state index is 0.112. The van der Waals surface area contributed by atoms with E-state index in [2.05, 4.69) is 10.4 Å². The molecule has 1 atom stereocenters. The van der Waals surface area contributed by atoms with Crippen LogP contribution in [0.2, 0.25) is 0 Å². The molecule has 0 aliphatic carbocycles. The van der Waals surface area contributed by atoms with Gasteiger partial charge in [0, 0.05) is 20.1 Å². The lowest BCUT2D eigenvalue weighted by Gasteiger charge is -2.23. The van der Waals surface area contributed by atoms with Crippen molar-refractivity contribution in [1.29, 1.82) is 0 Å². The summed E-state index contributed by atoms with van der Waals surface area (Å²) >= 11 is 0. The molecule has 1 aromatic heterocycles. The molecule has 2 amide bonds. The first-order valence-electron chi connectivity index (χ1n) is 6.29. The van der Waals surface area contributed by atoms with Gasteiger partial charge < -0.3 is 16.0 Å². The van der Waals surface area contributed by atoms with Gasteiger partial charge in [-0.25, -0.2) is 0 Å². The molecule has 0 saturated heterocycles. The van der Waals surface area contributed by atoms with Crippen molar-refractivity contribution in [2.45, 2.75) is 26.8 Å². The van der Waals surface area contributed by atoms with Crippen LogP contribution < -0.4 is 11.1 Å². The van der Waals surface area contributed by atoms with Crippen molar-refractivity contribution in [2.75, 3.05) is 18.8 Å². The van der Waals surface area contributed by atoms with Gasteiger partial charge in [0.15, 0.2) is 0 Å². The van der Waals surface area contributed by atoms with E-state index in [1.54, 1.807) is 18.9 Å². The molecule has 0 bridgehead atoms. The second kappa shape index (κ2) is 6.21. The molecule has 7 nitrogen and oxygen atoms in total. The van der Waals surface area contributed by atoms with Crippen LogP contribution in [0.3, 0.4) is 0 Å². The highest BCUT2D eigenvalue weighted by Crippen LogP contribution is 2.09. The number of nitrogens with zero attached hydrogens (tertiary/aromatic N) is 3. The predicted octanol–water partition coefficient (Wildman–Crippen LogP) is -0.0110. The monoisotopic (exact) mass is 267 g/mol. The molecule has 0 aromatic carbocycles. The first kappa shape index (κ1) is 15.0. The third-order valence-corrected chi connectivity index (χ3v) is 2.98. The lowest BCUT2D eigenvalue weighted by molar-refractivity contribution is -0.132. The number of nitrogens with two attached hydrogens (primary N) is 1. The molecule has 19 heavy (non-hydrogen) atoms. The molecule has 3 N–H and O–H groups in total. The van der Waals surface area contributed by atoms with E-state index in [1.807, 2.05) is 13.8 Å². The van der Waals surface area contributed by atoms with E-state index in [-0.39, 0.29) is 11.6 Å². The summed E-state index contributed by atoms with van der Waals surface area (Å²) < 4.78 is 1.39. The molecule has 1 aromatic rings. The van der Waals surface area contributed by atoms with Crippen molar-refractivity contribution < 1.29 is 9.59 Å². The first-order chi connectivity index (χ1) is 8.92. The molecule has 0 fully saturated rings. The Bertz CT molecular complexity index is 445. The Balaban J connectivity index is 2.75. The highest BCUT2D eigenvalue weighted by atomic mass is 16.2. The summed E-state index contributed by atoms with van der Waals surface area (Å²) in [6, 6.07) is -0.596. The number of anilines is 1. The summed E-state index contributed by atoms with van der Waals surface area (Å²) in [5, 5.41) is 6.53. The summed E-state index contributed by atoms with van der Waals surface area (Å²) in [6.07, 6.45) is 1.41. The van der Waals surface area contributed by atoms with Crippen LogP contribution in [0.15, 0.2) is 6.20 Å². The number of aryl methyl sites for hydroxylation is 1. The van der Waals surface area contributed by atoms with E-state index < -0.39 is 11.9 Å². The zero-order chi connectivity index (χ0) is 14.6. The molecule has 0 aliphatic heterocycles. The van der Waals surface area contributed by atoms with Crippen LogP contribution in [0.5, 0.6) is 0 Å². The fraction of sp³-hybridized carbons (Fsp3) is 0.583. The van der Waals surface area contributed by atoms with Gasteiger partial charge >= 0.3 is 0 Å². The minimum atomic E-state index is -0.596. The van der Waals surface area contributed by atoms with Crippen LogP contribution in [-0.2, 0) is 11.8 Å². The van der Waals surface area contributed by atoms with E-state index >= 15 is 0 Å². The van der Waals surface area contributed by atoms with Gasteiger partial charge in [-0.1, -0.05) is 0 Å². The second-order valence-corrected chi connectivity index (χ2v) is 4.28. The number of carbonyl (C=O) groups excluding carboxylic acids is 2. The molecule has 0 spiro atoms. The second-order valence-electron chi connectivity index (χ2n) is 4.28. The van der Waals surface area contributed by atoms with Gasteiger partial charge in [-0.3, -0.25) is 14.3 Å². The van der Waals surface area contributed by atoms with Gasteiger partial charge in [0.25, 0.3) is 5.91 Å². The number of hydrogen-bond acceptors (Lipinski definition) is 4. The smallest absolute Gasteiger partial charge is 0.272 e. The maximum absolute atomic E-state index is 12.0. The van der Waals surface area contributed by atoms with Crippen LogP contribution in [-0.4, -0.2) is 45.6 Å². The predicted molar refractivity (Wildman–Crippen MR) is 72.5 cm³/mol. The summed E-state index contributed by atoms with van der Waals surface area (Å²) in [6.45, 7) is 6.68. The number of nitrogen functional groups attached to an aromatic ring is 1. The Morgan fingerprint density at radius 1 is 1.47 bits per heavy atom. The van der Waals surface area contributed by atoms with E-state index in [0.29, 0.717) is 18.8 Å². The van der Waals surface area contributed by atoms with E-state index in [9.17, 15) is 9.59 Å². The van der Waals surface area contributed by atoms with Crippen LogP contribution in [0.25, 0.3) is 0 Å². The molecule has 7 heteroatoms. The van der Waals surface area contributed by atoms with Crippen molar-refractivity contribution in [3.8, 4) is 0 Å². The quantitative estimate of drug-likeness (QED) is 0.784. The van der Waals surface area contributed by atoms with Gasteiger partial charge in [0.2, 0.25) is 5.91 Å². The zero-order valence-electron chi connectivity index (χ0n) is 11.8. The Morgan fingerprint density at radius 3 is 2.47 bits per heavy atom. The van der Waals surface area contributed by atoms with Crippen LogP contribution in [0.1, 0.15) is 31.3 Å². The molecule has 0 radical (unpaired) electrons. The van der Waals surface area contributed by atoms with Crippen molar-refractivity contribution in [3.63, 3.8) is 0 Å². The topological polar surface area (TPSA) is 93.2 Å². The Morgan fingerprint density at radius 2 is 2.05 bits per heavy atom. The van der Waals surface area contributed by atoms with Gasteiger partial charge in [-0.05, 0) is 20.8 Å². The normalized spacial score (nSPS) is 12.0. The highest BCUT2D eigenvalue weighted by Gasteiger charge is 2.23. The molecule has 1 heterocycles. The number of amides is 2. The molecule has 1 rings (SSSR count). The SMILES string of the molecule is CCN(CC)C(=O)C(C)NC(=O)c1c(N)cnn1C. The molecule has 0 saturated carbocycles. The fourth-order valence-corrected chi connectivity index (χ4v) is 1.87. The number of carbonyl (C=O) groups is 2. The number of likely N-dealkylation sites (N-methyl/N-ethyl adjacent to an activating group) is 1. The zero-order valence-corrected chi connectivity index (χ0v) is 11.8. The Labute approximate surface area is 112 Å². The van der Waals surface area contributed by atoms with Crippen molar-refractivity contribution >= 4 is 17.5 Å². The van der Waals surface area contributed by atoms with Gasteiger partial charge in [0.05, 0.1) is 11.9 Å². The average molecular weight is 267 g/mol. The van der Waals surface area contributed by atoms with Crippen molar-refractivity contribution in [2.24, 2.45) is 7.05 Å². The highest BCUT2D eigenvalue weighted by molar-refractivity contribution is 5.99. The van der Waals surface area contributed by atoms with Crippen LogP contribution in [0, 0.1) is 0 Å². The van der Waals surface area contributed by atoms with Crippen molar-refractivity contribution in [3.05, 3.63) is 11.9 Å². The summed E-state index contributed by atoms with van der Waals surface area (Å²) in [7, 11) is 1.63. The number of rotatable bonds is 5. The first-order valence-corrected chi connectivity index (χ1v) is 6.29.